The maximum absolute atomic E-state index is 13.4. The van der Waals surface area contributed by atoms with Crippen LogP contribution in [0.1, 0.15) is 37.8 Å². The number of fused-ring (bicyclic) bond motifs is 1. The van der Waals surface area contributed by atoms with Gasteiger partial charge in [0.25, 0.3) is 11.5 Å². The van der Waals surface area contributed by atoms with Gasteiger partial charge in [-0.05, 0) is 59.9 Å². The molecule has 3 aromatic carbocycles. The van der Waals surface area contributed by atoms with E-state index in [1.165, 1.54) is 4.57 Å². The number of carbonyl (C=O) groups excluding carboxylic acids is 1. The number of amides is 1. The molecule has 5 aromatic rings. The van der Waals surface area contributed by atoms with Gasteiger partial charge in [-0.2, -0.15) is 0 Å². The average Bonchev–Trinajstić information content (AvgIpc) is 3.54. The third kappa shape index (κ3) is 5.83. The summed E-state index contributed by atoms with van der Waals surface area (Å²) in [4.78, 5) is 44.8. The minimum absolute atomic E-state index is 0.0777. The van der Waals surface area contributed by atoms with Crippen molar-refractivity contribution in [3.63, 3.8) is 0 Å². The van der Waals surface area contributed by atoms with E-state index >= 15 is 0 Å². The number of aryl methyl sites for hydroxylation is 1. The lowest BCUT2D eigenvalue weighted by atomic mass is 9.81. The van der Waals surface area contributed by atoms with Crippen LogP contribution in [0.2, 0.25) is 0 Å². The fourth-order valence-corrected chi connectivity index (χ4v) is 6.31. The molecule has 0 bridgehead atoms. The highest BCUT2D eigenvalue weighted by molar-refractivity contribution is 5.82. The Bertz CT molecular complexity index is 1850. The molecule has 1 saturated heterocycles. The van der Waals surface area contributed by atoms with E-state index in [0.717, 1.165) is 28.8 Å². The number of aromatic nitrogens is 3. The zero-order chi connectivity index (χ0) is 31.4. The van der Waals surface area contributed by atoms with Crippen molar-refractivity contribution >= 4 is 16.9 Å². The van der Waals surface area contributed by atoms with Gasteiger partial charge in [-0.3, -0.25) is 18.7 Å². The third-order valence-corrected chi connectivity index (χ3v) is 8.55. The molecule has 45 heavy (non-hydrogen) atoms. The highest BCUT2D eigenvalue weighted by atomic mass is 16.5. The lowest BCUT2D eigenvalue weighted by Gasteiger charge is -2.44. The number of nitrogens with one attached hydrogen (secondary N) is 2. The van der Waals surface area contributed by atoms with E-state index in [1.807, 2.05) is 85.5 Å². The first-order valence-corrected chi connectivity index (χ1v) is 15.7. The summed E-state index contributed by atoms with van der Waals surface area (Å²) >= 11 is 0. The molecule has 0 spiro atoms. The first-order valence-electron chi connectivity index (χ1n) is 15.7. The quantitative estimate of drug-likeness (QED) is 0.240. The van der Waals surface area contributed by atoms with Gasteiger partial charge < -0.3 is 19.9 Å². The Hall–Kier alpha value is -4.89. The second-order valence-corrected chi connectivity index (χ2v) is 11.5. The van der Waals surface area contributed by atoms with Crippen molar-refractivity contribution in [2.24, 2.45) is 0 Å². The van der Waals surface area contributed by atoms with Crippen molar-refractivity contribution < 1.29 is 9.53 Å². The fraction of sp³-hybridized carbons (Fsp3) is 0.306. The number of nitrogens with zero attached hydrogens (tertiary/aromatic N) is 3. The number of hydrogen-bond acceptors (Lipinski definition) is 5. The number of benzene rings is 3. The first kappa shape index (κ1) is 30.1. The van der Waals surface area contributed by atoms with Crippen LogP contribution in [0.3, 0.4) is 0 Å². The molecule has 9 nitrogen and oxygen atoms in total. The van der Waals surface area contributed by atoms with Gasteiger partial charge in [-0.1, -0.05) is 74.5 Å². The minimum atomic E-state index is -0.514. The topological polar surface area (TPSA) is 101 Å². The Morgan fingerprint density at radius 1 is 0.844 bits per heavy atom. The largest absolute Gasteiger partial charge is 0.484 e. The molecule has 1 fully saturated rings. The molecule has 2 aromatic heterocycles. The monoisotopic (exact) mass is 605 g/mol. The van der Waals surface area contributed by atoms with Crippen molar-refractivity contribution in [3.8, 4) is 17.0 Å². The normalized spacial score (nSPS) is 14.5. The zero-order valence-corrected chi connectivity index (χ0v) is 25.8. The average molecular weight is 606 g/mol. The van der Waals surface area contributed by atoms with Gasteiger partial charge >= 0.3 is 5.69 Å². The predicted molar refractivity (Wildman–Crippen MR) is 177 cm³/mol. The Kier molecular flexibility index (Phi) is 8.71. The lowest BCUT2D eigenvalue weighted by Crippen LogP contribution is -2.60. The van der Waals surface area contributed by atoms with Gasteiger partial charge in [0.05, 0.1) is 11.1 Å². The van der Waals surface area contributed by atoms with Crippen LogP contribution in [0.4, 0.5) is 0 Å². The molecule has 2 N–H and O–H groups in total. The highest BCUT2D eigenvalue weighted by Gasteiger charge is 2.40. The van der Waals surface area contributed by atoms with Crippen LogP contribution in [0, 0.1) is 0 Å². The second-order valence-electron chi connectivity index (χ2n) is 11.5. The van der Waals surface area contributed by atoms with Crippen LogP contribution >= 0.6 is 0 Å². The Labute approximate surface area is 262 Å². The molecule has 0 atom stereocenters. The molecule has 1 aliphatic rings. The Balaban J connectivity index is 1.18. The number of aromatic amines is 1. The van der Waals surface area contributed by atoms with Gasteiger partial charge in [-0.15, -0.1) is 0 Å². The van der Waals surface area contributed by atoms with E-state index in [0.29, 0.717) is 55.9 Å². The molecule has 232 valence electrons. The molecule has 3 heterocycles. The summed E-state index contributed by atoms with van der Waals surface area (Å²) in [6.07, 6.45) is 1.47. The zero-order valence-electron chi connectivity index (χ0n) is 25.8. The summed E-state index contributed by atoms with van der Waals surface area (Å²) in [5.41, 5.74) is 3.75. The van der Waals surface area contributed by atoms with Gasteiger partial charge in [0, 0.05) is 38.4 Å². The second kappa shape index (κ2) is 13.0. The maximum atomic E-state index is 13.4. The maximum Gasteiger partial charge on any atom is 0.331 e. The van der Waals surface area contributed by atoms with Crippen LogP contribution < -0.4 is 21.3 Å². The van der Waals surface area contributed by atoms with Crippen molar-refractivity contribution in [3.05, 3.63) is 123 Å². The van der Waals surface area contributed by atoms with Crippen LogP contribution in [-0.4, -0.2) is 51.2 Å². The van der Waals surface area contributed by atoms with Gasteiger partial charge in [0.15, 0.2) is 6.61 Å². The smallest absolute Gasteiger partial charge is 0.331 e. The lowest BCUT2D eigenvalue weighted by molar-refractivity contribution is -0.135. The summed E-state index contributed by atoms with van der Waals surface area (Å²) in [6, 6.07) is 29.8. The molecular formula is C36H39N5O4. The Morgan fingerprint density at radius 3 is 2.09 bits per heavy atom. The van der Waals surface area contributed by atoms with E-state index in [1.54, 1.807) is 4.57 Å². The molecule has 0 unspecified atom stereocenters. The molecule has 9 heteroatoms. The minimum Gasteiger partial charge on any atom is -0.484 e. The molecule has 0 saturated carbocycles. The molecule has 0 radical (unpaired) electrons. The molecule has 1 amide bonds. The van der Waals surface area contributed by atoms with Gasteiger partial charge in [-0.25, -0.2) is 4.79 Å². The van der Waals surface area contributed by atoms with Gasteiger partial charge in [0.2, 0.25) is 0 Å². The third-order valence-electron chi connectivity index (χ3n) is 8.55. The van der Waals surface area contributed by atoms with Crippen molar-refractivity contribution in [1.82, 2.24) is 24.3 Å². The number of H-pyrrole nitrogens is 1. The fourth-order valence-electron chi connectivity index (χ4n) is 6.31. The van der Waals surface area contributed by atoms with E-state index in [9.17, 15) is 14.4 Å². The van der Waals surface area contributed by atoms with E-state index in [-0.39, 0.29) is 23.8 Å². The summed E-state index contributed by atoms with van der Waals surface area (Å²) in [7, 11) is 0. The van der Waals surface area contributed by atoms with E-state index in [2.05, 4.69) is 34.6 Å². The molecule has 6 rings (SSSR count). The molecule has 1 aliphatic heterocycles. The number of carbonyl (C=O) groups is 1. The number of hydrogen-bond donors (Lipinski definition) is 2. The standard InChI is InChI=1S/C36H39N5O4/c1-3-20-40-31-23-30(38-33(31)34(43)41(21-4-2)35(40)44)26-15-17-29(18-16-26)45-24-32(42)39-22-19-37-36(25-39,27-11-7-5-8-12-27)28-13-9-6-10-14-28/h5-18,23,37-38H,3-4,19-22,24-25H2,1-2H3. The number of rotatable bonds is 10. The summed E-state index contributed by atoms with van der Waals surface area (Å²) < 4.78 is 8.95. The number of piperazine rings is 1. The van der Waals surface area contributed by atoms with Crippen molar-refractivity contribution in [2.75, 3.05) is 26.2 Å². The first-order chi connectivity index (χ1) is 21.9. The van der Waals surface area contributed by atoms with Crippen molar-refractivity contribution in [2.45, 2.75) is 45.3 Å². The molecule has 0 aliphatic carbocycles. The summed E-state index contributed by atoms with van der Waals surface area (Å²) in [5, 5.41) is 3.70. The van der Waals surface area contributed by atoms with Crippen LogP contribution in [-0.2, 0) is 23.4 Å². The Morgan fingerprint density at radius 2 is 1.47 bits per heavy atom. The van der Waals surface area contributed by atoms with Crippen LogP contribution in [0.15, 0.2) is 101 Å². The van der Waals surface area contributed by atoms with Crippen LogP contribution in [0.5, 0.6) is 5.75 Å². The van der Waals surface area contributed by atoms with E-state index in [4.69, 9.17) is 4.74 Å². The highest BCUT2D eigenvalue weighted by Crippen LogP contribution is 2.33. The predicted octanol–water partition coefficient (Wildman–Crippen LogP) is 4.73. The van der Waals surface area contributed by atoms with Crippen molar-refractivity contribution in [1.29, 1.82) is 0 Å². The van der Waals surface area contributed by atoms with Crippen LogP contribution in [0.25, 0.3) is 22.3 Å². The summed E-state index contributed by atoms with van der Waals surface area (Å²) in [6.45, 7) is 6.53. The van der Waals surface area contributed by atoms with Gasteiger partial charge in [0.1, 0.15) is 11.3 Å². The summed E-state index contributed by atoms with van der Waals surface area (Å²) in [5.74, 6) is 0.494. The van der Waals surface area contributed by atoms with E-state index < -0.39 is 5.54 Å². The number of ether oxygens (including phenoxy) is 1. The SMILES string of the molecule is CCCn1c(=O)c2[nH]c(-c3ccc(OCC(=O)N4CCNC(c5ccccc5)(c5ccccc5)C4)cc3)cc2n(CCC)c1=O. The molecular weight excluding hydrogens is 566 g/mol.